The first-order valence-electron chi connectivity index (χ1n) is 8.53. The van der Waals surface area contributed by atoms with Crippen molar-refractivity contribution in [3.05, 3.63) is 83.5 Å². The first kappa shape index (κ1) is 17.2. The summed E-state index contributed by atoms with van der Waals surface area (Å²) in [6, 6.07) is 19.6. The maximum Gasteiger partial charge on any atom is 0.264 e. The standard InChI is InChI=1S/C21H17N3O2S/c25-19(14-26-18-10-4-8-16-9-5-11-22-20(16)18)24-21-23-13-17(27-21)12-15-6-2-1-3-7-15/h1-11,13H,12,14H2,(H,23,24,25). The second kappa shape index (κ2) is 7.97. The summed E-state index contributed by atoms with van der Waals surface area (Å²) in [7, 11) is 0. The van der Waals surface area contributed by atoms with Crippen molar-refractivity contribution in [1.82, 2.24) is 9.97 Å². The smallest absolute Gasteiger partial charge is 0.264 e. The molecule has 5 nitrogen and oxygen atoms in total. The predicted octanol–water partition coefficient (Wildman–Crippen LogP) is 4.30. The van der Waals surface area contributed by atoms with Crippen molar-refractivity contribution in [2.45, 2.75) is 6.42 Å². The van der Waals surface area contributed by atoms with E-state index in [0.717, 1.165) is 22.2 Å². The number of ether oxygens (including phenoxy) is 1. The molecule has 0 unspecified atom stereocenters. The summed E-state index contributed by atoms with van der Waals surface area (Å²) in [5.74, 6) is 0.343. The number of thiazole rings is 1. The van der Waals surface area contributed by atoms with Crippen LogP contribution in [0.3, 0.4) is 0 Å². The van der Waals surface area contributed by atoms with E-state index in [9.17, 15) is 4.79 Å². The number of carbonyl (C=O) groups is 1. The second-order valence-electron chi connectivity index (χ2n) is 5.96. The molecule has 2 aromatic heterocycles. The third kappa shape index (κ3) is 4.30. The molecular weight excluding hydrogens is 358 g/mol. The van der Waals surface area contributed by atoms with Gasteiger partial charge < -0.3 is 4.74 Å². The van der Waals surface area contributed by atoms with Crippen molar-refractivity contribution >= 4 is 33.3 Å². The fourth-order valence-corrected chi connectivity index (χ4v) is 3.60. The summed E-state index contributed by atoms with van der Waals surface area (Å²) < 4.78 is 5.66. The maximum absolute atomic E-state index is 12.2. The van der Waals surface area contributed by atoms with Crippen LogP contribution < -0.4 is 10.1 Å². The Balaban J connectivity index is 1.36. The highest BCUT2D eigenvalue weighted by Crippen LogP contribution is 2.23. The van der Waals surface area contributed by atoms with Gasteiger partial charge in [0.05, 0.1) is 0 Å². The minimum atomic E-state index is -0.247. The third-order valence-electron chi connectivity index (χ3n) is 3.98. The number of carbonyl (C=O) groups excluding carboxylic acids is 1. The van der Waals surface area contributed by atoms with Crippen LogP contribution in [0.25, 0.3) is 10.9 Å². The van der Waals surface area contributed by atoms with Gasteiger partial charge in [0.25, 0.3) is 5.91 Å². The number of nitrogens with zero attached hydrogens (tertiary/aromatic N) is 2. The predicted molar refractivity (Wildman–Crippen MR) is 107 cm³/mol. The average molecular weight is 375 g/mol. The first-order valence-corrected chi connectivity index (χ1v) is 9.34. The van der Waals surface area contributed by atoms with E-state index in [1.165, 1.54) is 16.9 Å². The Hall–Kier alpha value is -3.25. The Labute approximate surface area is 160 Å². The Kier molecular flexibility index (Phi) is 5.07. The molecule has 1 N–H and O–H groups in total. The van der Waals surface area contributed by atoms with Crippen molar-refractivity contribution in [3.63, 3.8) is 0 Å². The van der Waals surface area contributed by atoms with Gasteiger partial charge >= 0.3 is 0 Å². The lowest BCUT2D eigenvalue weighted by Gasteiger charge is -2.08. The molecule has 0 saturated heterocycles. The molecule has 1 amide bonds. The summed E-state index contributed by atoms with van der Waals surface area (Å²) in [4.78, 5) is 21.9. The molecule has 6 heteroatoms. The molecule has 4 aromatic rings. The van der Waals surface area contributed by atoms with E-state index >= 15 is 0 Å². The summed E-state index contributed by atoms with van der Waals surface area (Å²) in [5.41, 5.74) is 1.96. The molecule has 0 bridgehead atoms. The first-order chi connectivity index (χ1) is 13.3. The van der Waals surface area contributed by atoms with Gasteiger partial charge in [0.15, 0.2) is 11.7 Å². The summed E-state index contributed by atoms with van der Waals surface area (Å²) in [5, 5.41) is 4.34. The number of aromatic nitrogens is 2. The van der Waals surface area contributed by atoms with Crippen molar-refractivity contribution in [1.29, 1.82) is 0 Å². The van der Waals surface area contributed by atoms with Crippen LogP contribution in [0.15, 0.2) is 73.1 Å². The number of para-hydroxylation sites is 1. The normalized spacial score (nSPS) is 10.7. The van der Waals surface area contributed by atoms with Crippen LogP contribution in [-0.4, -0.2) is 22.5 Å². The van der Waals surface area contributed by atoms with Gasteiger partial charge in [-0.05, 0) is 17.7 Å². The zero-order valence-corrected chi connectivity index (χ0v) is 15.3. The fraction of sp³-hybridized carbons (Fsp3) is 0.0952. The molecule has 0 saturated carbocycles. The molecule has 0 atom stereocenters. The van der Waals surface area contributed by atoms with Crippen LogP contribution in [0.1, 0.15) is 10.4 Å². The van der Waals surface area contributed by atoms with E-state index in [2.05, 4.69) is 27.4 Å². The van der Waals surface area contributed by atoms with Gasteiger partial charge in [-0.3, -0.25) is 15.1 Å². The van der Waals surface area contributed by atoms with Gasteiger partial charge in [0, 0.05) is 29.1 Å². The summed E-state index contributed by atoms with van der Waals surface area (Å²) >= 11 is 1.47. The minimum Gasteiger partial charge on any atom is -0.481 e. The van der Waals surface area contributed by atoms with Gasteiger partial charge in [0.2, 0.25) is 0 Å². The van der Waals surface area contributed by atoms with E-state index < -0.39 is 0 Å². The highest BCUT2D eigenvalue weighted by molar-refractivity contribution is 7.15. The lowest BCUT2D eigenvalue weighted by molar-refractivity contribution is -0.118. The molecule has 0 aliphatic carbocycles. The van der Waals surface area contributed by atoms with Crippen molar-refractivity contribution in [3.8, 4) is 5.75 Å². The summed E-state index contributed by atoms with van der Waals surface area (Å²) in [6.07, 6.45) is 4.30. The van der Waals surface area contributed by atoms with Crippen molar-refractivity contribution in [2.24, 2.45) is 0 Å². The number of pyridine rings is 1. The molecule has 2 aromatic carbocycles. The molecule has 2 heterocycles. The number of hydrogen-bond donors (Lipinski definition) is 1. The summed E-state index contributed by atoms with van der Waals surface area (Å²) in [6.45, 7) is -0.0940. The monoisotopic (exact) mass is 375 g/mol. The maximum atomic E-state index is 12.2. The van der Waals surface area contributed by atoms with E-state index in [4.69, 9.17) is 4.74 Å². The van der Waals surface area contributed by atoms with Crippen LogP contribution in [0.4, 0.5) is 5.13 Å². The zero-order valence-electron chi connectivity index (χ0n) is 14.5. The number of hydrogen-bond acceptors (Lipinski definition) is 5. The average Bonchev–Trinajstić information content (AvgIpc) is 3.13. The third-order valence-corrected chi connectivity index (χ3v) is 4.89. The van der Waals surface area contributed by atoms with Crippen LogP contribution in [-0.2, 0) is 11.2 Å². The number of amides is 1. The Morgan fingerprint density at radius 1 is 1.00 bits per heavy atom. The van der Waals surface area contributed by atoms with Gasteiger partial charge in [-0.25, -0.2) is 4.98 Å². The number of rotatable bonds is 6. The minimum absolute atomic E-state index is 0.0940. The van der Waals surface area contributed by atoms with Crippen LogP contribution in [0.5, 0.6) is 5.75 Å². The Bertz CT molecular complexity index is 1060. The fourth-order valence-electron chi connectivity index (χ4n) is 2.74. The quantitative estimate of drug-likeness (QED) is 0.546. The SMILES string of the molecule is O=C(COc1cccc2cccnc12)Nc1ncc(Cc2ccccc2)s1. The van der Waals surface area contributed by atoms with Gasteiger partial charge in [-0.15, -0.1) is 11.3 Å². The van der Waals surface area contributed by atoms with Gasteiger partial charge in [-0.1, -0.05) is 48.5 Å². The van der Waals surface area contributed by atoms with Crippen LogP contribution >= 0.6 is 11.3 Å². The van der Waals surface area contributed by atoms with Crippen molar-refractivity contribution in [2.75, 3.05) is 11.9 Å². The van der Waals surface area contributed by atoms with Crippen molar-refractivity contribution < 1.29 is 9.53 Å². The number of anilines is 1. The van der Waals surface area contributed by atoms with E-state index in [1.807, 2.05) is 48.5 Å². The van der Waals surface area contributed by atoms with Crippen LogP contribution in [0.2, 0.25) is 0 Å². The van der Waals surface area contributed by atoms with Gasteiger partial charge in [-0.2, -0.15) is 0 Å². The molecule has 0 aliphatic rings. The molecule has 4 rings (SSSR count). The zero-order chi connectivity index (χ0) is 18.5. The Morgan fingerprint density at radius 2 is 1.85 bits per heavy atom. The topological polar surface area (TPSA) is 64.1 Å². The number of fused-ring (bicyclic) bond motifs is 1. The largest absolute Gasteiger partial charge is 0.481 e. The molecule has 134 valence electrons. The lowest BCUT2D eigenvalue weighted by Crippen LogP contribution is -2.20. The highest BCUT2D eigenvalue weighted by atomic mass is 32.1. The highest BCUT2D eigenvalue weighted by Gasteiger charge is 2.10. The van der Waals surface area contributed by atoms with E-state index in [0.29, 0.717) is 10.9 Å². The van der Waals surface area contributed by atoms with Crippen LogP contribution in [0, 0.1) is 0 Å². The van der Waals surface area contributed by atoms with E-state index in [-0.39, 0.29) is 12.5 Å². The number of benzene rings is 2. The molecule has 0 spiro atoms. The second-order valence-corrected chi connectivity index (χ2v) is 7.08. The molecule has 0 fully saturated rings. The molecule has 0 radical (unpaired) electrons. The molecule has 27 heavy (non-hydrogen) atoms. The number of nitrogens with one attached hydrogen (secondary N) is 1. The van der Waals surface area contributed by atoms with Gasteiger partial charge in [0.1, 0.15) is 11.3 Å². The molecule has 0 aliphatic heterocycles. The molecular formula is C21H17N3O2S. The lowest BCUT2D eigenvalue weighted by atomic mass is 10.1. The van der Waals surface area contributed by atoms with E-state index in [1.54, 1.807) is 12.4 Å². The Morgan fingerprint density at radius 3 is 2.74 bits per heavy atom.